The second kappa shape index (κ2) is 9.57. The van der Waals surface area contributed by atoms with Crippen LogP contribution in [0.2, 0.25) is 0 Å². The van der Waals surface area contributed by atoms with E-state index < -0.39 is 82.2 Å². The van der Waals surface area contributed by atoms with Crippen LogP contribution in [0.3, 0.4) is 0 Å². The minimum absolute atomic E-state index is 0.124. The second-order valence-electron chi connectivity index (χ2n) is 6.74. The van der Waals surface area contributed by atoms with Crippen molar-refractivity contribution >= 4 is 17.9 Å². The van der Waals surface area contributed by atoms with Gasteiger partial charge in [0.15, 0.2) is 0 Å². The van der Waals surface area contributed by atoms with E-state index in [1.165, 1.54) is 0 Å². The van der Waals surface area contributed by atoms with Crippen molar-refractivity contribution in [2.75, 3.05) is 0 Å². The van der Waals surface area contributed by atoms with E-state index in [-0.39, 0.29) is 12.1 Å². The molecule has 6 nitrogen and oxygen atoms in total. The monoisotopic (exact) mass is 590 g/mol. The van der Waals surface area contributed by atoms with Crippen molar-refractivity contribution in [1.29, 1.82) is 0 Å². The standard InChI is InChI=1S/C17H5F15O6/c18-7(11(37)38-6-2-4(9(33)34)1-5(3-6)10(35)36)8(19)12(20,21)13(22,23)14(24,25)15(26,27)16(28,29)17(30,31)32/h1-3H,(H,33,34)(H,35,36). The lowest BCUT2D eigenvalue weighted by Crippen LogP contribution is -2.70. The zero-order valence-electron chi connectivity index (χ0n) is 16.9. The summed E-state index contributed by atoms with van der Waals surface area (Å²) in [6, 6.07) is 0.597. The van der Waals surface area contributed by atoms with E-state index in [0.717, 1.165) is 0 Å². The first-order valence-electron chi connectivity index (χ1n) is 8.53. The van der Waals surface area contributed by atoms with Gasteiger partial charge < -0.3 is 14.9 Å². The van der Waals surface area contributed by atoms with Crippen molar-refractivity contribution in [1.82, 2.24) is 0 Å². The molecule has 38 heavy (non-hydrogen) atoms. The van der Waals surface area contributed by atoms with Crippen molar-refractivity contribution in [2.24, 2.45) is 0 Å². The first-order chi connectivity index (χ1) is 16.7. The summed E-state index contributed by atoms with van der Waals surface area (Å²) in [7, 11) is 0. The average Bonchev–Trinajstić information content (AvgIpc) is 2.76. The van der Waals surface area contributed by atoms with Gasteiger partial charge in [0.25, 0.3) is 0 Å². The highest BCUT2D eigenvalue weighted by Gasteiger charge is 2.91. The molecule has 1 aromatic rings. The zero-order chi connectivity index (χ0) is 30.4. The van der Waals surface area contributed by atoms with E-state index in [0.29, 0.717) is 6.07 Å². The van der Waals surface area contributed by atoms with Gasteiger partial charge in [-0.1, -0.05) is 0 Å². The molecule has 21 heteroatoms. The van der Waals surface area contributed by atoms with Crippen LogP contribution >= 0.6 is 0 Å². The Morgan fingerprint density at radius 2 is 0.974 bits per heavy atom. The SMILES string of the molecule is O=C(Oc1cc(C(=O)O)cc(C(=O)O)c1)C(F)=C(F)C(F)(F)C(F)(F)C(F)(F)C(F)(F)C(F)(F)C(F)(F)F. The summed E-state index contributed by atoms with van der Waals surface area (Å²) in [5.41, 5.74) is -2.19. The summed E-state index contributed by atoms with van der Waals surface area (Å²) in [6.07, 6.45) is -7.76. The molecule has 214 valence electrons. The van der Waals surface area contributed by atoms with Gasteiger partial charge in [-0.2, -0.15) is 61.5 Å². The third-order valence-corrected chi connectivity index (χ3v) is 4.19. The highest BCUT2D eigenvalue weighted by atomic mass is 19.4. The Labute approximate surface area is 196 Å². The van der Waals surface area contributed by atoms with Crippen molar-refractivity contribution in [3.8, 4) is 5.75 Å². The molecule has 0 aromatic heterocycles. The van der Waals surface area contributed by atoms with Gasteiger partial charge in [-0.05, 0) is 18.2 Å². The van der Waals surface area contributed by atoms with Gasteiger partial charge in [-0.25, -0.2) is 18.8 Å². The Balaban J connectivity index is 3.58. The van der Waals surface area contributed by atoms with Crippen LogP contribution < -0.4 is 4.74 Å². The number of rotatable bonds is 9. The van der Waals surface area contributed by atoms with Crippen LogP contribution in [-0.2, 0) is 4.79 Å². The number of aromatic carboxylic acids is 2. The van der Waals surface area contributed by atoms with Gasteiger partial charge in [-0.3, -0.25) is 0 Å². The highest BCUT2D eigenvalue weighted by molar-refractivity contribution is 5.95. The molecule has 0 heterocycles. The molecule has 0 radical (unpaired) electrons. The quantitative estimate of drug-likeness (QED) is 0.161. The summed E-state index contributed by atoms with van der Waals surface area (Å²) in [5.74, 6) is -58.5. The molecule has 2 N–H and O–H groups in total. The van der Waals surface area contributed by atoms with Crippen molar-refractivity contribution in [2.45, 2.75) is 35.8 Å². The summed E-state index contributed by atoms with van der Waals surface area (Å²) < 4.78 is 200. The maximum absolute atomic E-state index is 13.8. The zero-order valence-corrected chi connectivity index (χ0v) is 16.9. The van der Waals surface area contributed by atoms with Crippen molar-refractivity contribution in [3.63, 3.8) is 0 Å². The van der Waals surface area contributed by atoms with Gasteiger partial charge in [0.2, 0.25) is 11.7 Å². The molecule has 0 fully saturated rings. The van der Waals surface area contributed by atoms with Crippen LogP contribution in [0.25, 0.3) is 0 Å². The molecule has 0 bridgehead atoms. The van der Waals surface area contributed by atoms with E-state index in [4.69, 9.17) is 10.2 Å². The maximum Gasteiger partial charge on any atom is 0.460 e. The normalized spacial score (nSPS) is 14.6. The number of carbonyl (C=O) groups is 3. The summed E-state index contributed by atoms with van der Waals surface area (Å²) in [4.78, 5) is 33.2. The Hall–Kier alpha value is -3.68. The van der Waals surface area contributed by atoms with Gasteiger partial charge in [-0.15, -0.1) is 0 Å². The van der Waals surface area contributed by atoms with E-state index >= 15 is 0 Å². The Morgan fingerprint density at radius 3 is 1.32 bits per heavy atom. The smallest absolute Gasteiger partial charge is 0.460 e. The van der Waals surface area contributed by atoms with Gasteiger partial charge in [0.05, 0.1) is 11.1 Å². The minimum Gasteiger partial charge on any atom is -0.478 e. The topological polar surface area (TPSA) is 101 Å². The fourth-order valence-corrected chi connectivity index (χ4v) is 2.19. The number of allylic oxidation sites excluding steroid dienone is 1. The number of alkyl halides is 13. The van der Waals surface area contributed by atoms with Crippen LogP contribution in [0, 0.1) is 0 Å². The molecule has 0 saturated heterocycles. The number of benzene rings is 1. The molecule has 0 saturated carbocycles. The summed E-state index contributed by atoms with van der Waals surface area (Å²) in [5, 5.41) is 17.6. The first-order valence-corrected chi connectivity index (χ1v) is 8.53. The number of carbonyl (C=O) groups excluding carboxylic acids is 1. The summed E-state index contributed by atoms with van der Waals surface area (Å²) >= 11 is 0. The summed E-state index contributed by atoms with van der Waals surface area (Å²) in [6.45, 7) is 0. The Kier molecular flexibility index (Phi) is 8.14. The van der Waals surface area contributed by atoms with Gasteiger partial charge in [0, 0.05) is 0 Å². The lowest BCUT2D eigenvalue weighted by Gasteiger charge is -2.39. The first kappa shape index (κ1) is 32.3. The molecule has 0 aliphatic rings. The van der Waals surface area contributed by atoms with Crippen LogP contribution in [-0.4, -0.2) is 63.9 Å². The average molecular weight is 590 g/mol. The van der Waals surface area contributed by atoms with Gasteiger partial charge >= 0.3 is 53.7 Å². The molecular formula is C17H5F15O6. The number of hydrogen-bond acceptors (Lipinski definition) is 4. The third-order valence-electron chi connectivity index (χ3n) is 4.19. The largest absolute Gasteiger partial charge is 0.478 e. The Bertz CT molecular complexity index is 1140. The molecule has 0 atom stereocenters. The molecular weight excluding hydrogens is 585 g/mol. The third kappa shape index (κ3) is 5.04. The number of halogens is 15. The molecule has 0 amide bonds. The van der Waals surface area contributed by atoms with E-state index in [1.54, 1.807) is 0 Å². The van der Waals surface area contributed by atoms with E-state index in [1.807, 2.05) is 0 Å². The number of carboxylic acids is 2. The molecule has 0 aliphatic carbocycles. The lowest BCUT2D eigenvalue weighted by atomic mass is 9.93. The van der Waals surface area contributed by atoms with Crippen LogP contribution in [0.1, 0.15) is 20.7 Å². The number of ether oxygens (including phenoxy) is 1. The van der Waals surface area contributed by atoms with Crippen LogP contribution in [0.4, 0.5) is 65.9 Å². The van der Waals surface area contributed by atoms with Crippen LogP contribution in [0.15, 0.2) is 29.9 Å². The lowest BCUT2D eigenvalue weighted by molar-refractivity contribution is -0.437. The molecule has 0 spiro atoms. The predicted octanol–water partition coefficient (Wildman–Crippen LogP) is 5.88. The van der Waals surface area contributed by atoms with Crippen molar-refractivity contribution in [3.05, 3.63) is 41.0 Å². The van der Waals surface area contributed by atoms with Crippen LogP contribution in [0.5, 0.6) is 5.75 Å². The Morgan fingerprint density at radius 1 is 0.605 bits per heavy atom. The minimum atomic E-state index is -8.49. The number of carboxylic acid groups (broad SMARTS) is 2. The van der Waals surface area contributed by atoms with E-state index in [9.17, 15) is 80.2 Å². The number of esters is 1. The molecule has 1 rings (SSSR count). The molecule has 0 unspecified atom stereocenters. The van der Waals surface area contributed by atoms with Gasteiger partial charge in [0.1, 0.15) is 5.75 Å². The fourth-order valence-electron chi connectivity index (χ4n) is 2.19. The second-order valence-corrected chi connectivity index (χ2v) is 6.74. The fraction of sp³-hybridized carbons (Fsp3) is 0.353. The predicted molar refractivity (Wildman–Crippen MR) is 86.0 cm³/mol. The van der Waals surface area contributed by atoms with Crippen molar-refractivity contribution < 1.29 is 95.2 Å². The maximum atomic E-state index is 13.8. The number of hydrogen-bond donors (Lipinski definition) is 2. The molecule has 0 aliphatic heterocycles. The molecule has 1 aromatic carbocycles. The highest BCUT2D eigenvalue weighted by Crippen LogP contribution is 2.61. The van der Waals surface area contributed by atoms with E-state index in [2.05, 4.69) is 4.74 Å².